The number of carbonyl (C=O) groups excluding carboxylic acids is 1. The molecule has 1 heterocycles. The quantitative estimate of drug-likeness (QED) is 0.714. The van der Waals surface area contributed by atoms with Crippen LogP contribution >= 0.6 is 0 Å². The summed E-state index contributed by atoms with van der Waals surface area (Å²) in [6, 6.07) is 0.105. The van der Waals surface area contributed by atoms with Gasteiger partial charge in [-0.1, -0.05) is 13.8 Å². The van der Waals surface area contributed by atoms with E-state index in [9.17, 15) is 4.79 Å². The van der Waals surface area contributed by atoms with Crippen molar-refractivity contribution >= 4 is 5.91 Å². The molecule has 0 aromatic carbocycles. The van der Waals surface area contributed by atoms with Crippen LogP contribution in [0.1, 0.15) is 39.5 Å². The van der Waals surface area contributed by atoms with Gasteiger partial charge in [-0.25, -0.2) is 0 Å². The maximum Gasteiger partial charge on any atom is 0.222 e. The van der Waals surface area contributed by atoms with E-state index in [1.807, 2.05) is 0 Å². The second-order valence-corrected chi connectivity index (χ2v) is 4.97. The smallest absolute Gasteiger partial charge is 0.222 e. The Kier molecular flexibility index (Phi) is 5.77. The molecule has 16 heavy (non-hydrogen) atoms. The van der Waals surface area contributed by atoms with Gasteiger partial charge in [0.15, 0.2) is 0 Å². The predicted molar refractivity (Wildman–Crippen MR) is 64.0 cm³/mol. The number of nitrogens with two attached hydrogens (primary N) is 1. The van der Waals surface area contributed by atoms with Gasteiger partial charge in [0, 0.05) is 19.2 Å². The first-order valence-electron chi connectivity index (χ1n) is 6.22. The number of ether oxygens (including phenoxy) is 1. The van der Waals surface area contributed by atoms with Crippen LogP contribution in [-0.2, 0) is 9.53 Å². The lowest BCUT2D eigenvalue weighted by Crippen LogP contribution is -2.42. The van der Waals surface area contributed by atoms with Gasteiger partial charge >= 0.3 is 0 Å². The molecule has 1 saturated heterocycles. The molecule has 0 aliphatic carbocycles. The number of carbonyl (C=O) groups is 1. The average Bonchev–Trinajstić information content (AvgIpc) is 2.68. The highest BCUT2D eigenvalue weighted by Gasteiger charge is 2.20. The van der Waals surface area contributed by atoms with Crippen LogP contribution in [0, 0.1) is 5.92 Å². The van der Waals surface area contributed by atoms with E-state index in [-0.39, 0.29) is 18.1 Å². The molecular formula is C12H24N2O2. The number of nitrogens with one attached hydrogen (secondary N) is 1. The highest BCUT2D eigenvalue weighted by Crippen LogP contribution is 2.15. The summed E-state index contributed by atoms with van der Waals surface area (Å²) < 4.78 is 5.43. The average molecular weight is 228 g/mol. The topological polar surface area (TPSA) is 64.3 Å². The molecule has 1 aliphatic rings. The standard InChI is InChI=1S/C12H24N2O2/c1-9(2)6-10(8-13)14-12(15)7-11-4-3-5-16-11/h9-11H,3-8,13H2,1-2H3,(H,14,15). The van der Waals surface area contributed by atoms with Crippen molar-refractivity contribution in [2.75, 3.05) is 13.2 Å². The fourth-order valence-electron chi connectivity index (χ4n) is 2.08. The summed E-state index contributed by atoms with van der Waals surface area (Å²) in [6.45, 7) is 5.57. The van der Waals surface area contributed by atoms with E-state index in [1.165, 1.54) is 0 Å². The van der Waals surface area contributed by atoms with Gasteiger partial charge in [-0.15, -0.1) is 0 Å². The molecule has 0 radical (unpaired) electrons. The second kappa shape index (κ2) is 6.86. The van der Waals surface area contributed by atoms with E-state index in [0.29, 0.717) is 18.9 Å². The second-order valence-electron chi connectivity index (χ2n) is 4.97. The van der Waals surface area contributed by atoms with Crippen molar-refractivity contribution in [3.8, 4) is 0 Å². The Morgan fingerprint density at radius 1 is 1.56 bits per heavy atom. The van der Waals surface area contributed by atoms with Crippen molar-refractivity contribution in [2.24, 2.45) is 11.7 Å². The Bertz CT molecular complexity index is 213. The summed E-state index contributed by atoms with van der Waals surface area (Å²) in [6.07, 6.45) is 3.62. The van der Waals surface area contributed by atoms with Gasteiger partial charge in [-0.2, -0.15) is 0 Å². The Hall–Kier alpha value is -0.610. The van der Waals surface area contributed by atoms with Gasteiger partial charge in [-0.3, -0.25) is 4.79 Å². The Balaban J connectivity index is 2.24. The largest absolute Gasteiger partial charge is 0.378 e. The third-order valence-corrected chi connectivity index (χ3v) is 2.84. The summed E-state index contributed by atoms with van der Waals surface area (Å²) >= 11 is 0. The van der Waals surface area contributed by atoms with Crippen LogP contribution in [0.5, 0.6) is 0 Å². The van der Waals surface area contributed by atoms with Crippen LogP contribution in [0.4, 0.5) is 0 Å². The minimum Gasteiger partial charge on any atom is -0.378 e. The first kappa shape index (κ1) is 13.5. The van der Waals surface area contributed by atoms with Crippen LogP contribution in [0.15, 0.2) is 0 Å². The Labute approximate surface area is 97.9 Å². The zero-order chi connectivity index (χ0) is 12.0. The van der Waals surface area contributed by atoms with Crippen molar-refractivity contribution in [3.05, 3.63) is 0 Å². The number of rotatable bonds is 6. The van der Waals surface area contributed by atoms with E-state index in [1.54, 1.807) is 0 Å². The Morgan fingerprint density at radius 2 is 2.31 bits per heavy atom. The molecule has 0 aromatic rings. The zero-order valence-corrected chi connectivity index (χ0v) is 10.4. The highest BCUT2D eigenvalue weighted by atomic mass is 16.5. The van der Waals surface area contributed by atoms with Gasteiger partial charge in [0.1, 0.15) is 0 Å². The molecule has 2 atom stereocenters. The van der Waals surface area contributed by atoms with Crippen LogP contribution < -0.4 is 11.1 Å². The molecule has 4 nitrogen and oxygen atoms in total. The zero-order valence-electron chi connectivity index (χ0n) is 10.4. The molecule has 2 unspecified atom stereocenters. The van der Waals surface area contributed by atoms with Crippen molar-refractivity contribution in [1.82, 2.24) is 5.32 Å². The molecule has 1 aliphatic heterocycles. The van der Waals surface area contributed by atoms with Crippen molar-refractivity contribution in [2.45, 2.75) is 51.7 Å². The van der Waals surface area contributed by atoms with E-state index in [2.05, 4.69) is 19.2 Å². The third-order valence-electron chi connectivity index (χ3n) is 2.84. The lowest BCUT2D eigenvalue weighted by molar-refractivity contribution is -0.124. The molecule has 1 amide bonds. The fourth-order valence-corrected chi connectivity index (χ4v) is 2.08. The first-order valence-corrected chi connectivity index (χ1v) is 6.22. The summed E-state index contributed by atoms with van der Waals surface area (Å²) in [5.74, 6) is 0.625. The first-order chi connectivity index (χ1) is 7.61. The lowest BCUT2D eigenvalue weighted by atomic mass is 10.0. The maximum absolute atomic E-state index is 11.7. The molecule has 0 aromatic heterocycles. The third kappa shape index (κ3) is 4.94. The van der Waals surface area contributed by atoms with Crippen LogP contribution in [0.25, 0.3) is 0 Å². The number of amides is 1. The predicted octanol–water partition coefficient (Wildman–Crippen LogP) is 1.05. The summed E-state index contributed by atoms with van der Waals surface area (Å²) in [7, 11) is 0. The van der Waals surface area contributed by atoms with Gasteiger partial charge in [0.05, 0.1) is 12.5 Å². The minimum absolute atomic E-state index is 0.0722. The number of hydrogen-bond donors (Lipinski definition) is 2. The highest BCUT2D eigenvalue weighted by molar-refractivity contribution is 5.76. The monoisotopic (exact) mass is 228 g/mol. The molecule has 0 spiro atoms. The fraction of sp³-hybridized carbons (Fsp3) is 0.917. The molecular weight excluding hydrogens is 204 g/mol. The minimum atomic E-state index is 0.0722. The van der Waals surface area contributed by atoms with Crippen LogP contribution in [0.3, 0.4) is 0 Å². The van der Waals surface area contributed by atoms with Crippen LogP contribution in [-0.4, -0.2) is 31.2 Å². The summed E-state index contributed by atoms with van der Waals surface area (Å²) in [4.78, 5) is 11.7. The van der Waals surface area contributed by atoms with E-state index < -0.39 is 0 Å². The van der Waals surface area contributed by atoms with Gasteiger partial charge in [-0.05, 0) is 25.2 Å². The van der Waals surface area contributed by atoms with Gasteiger partial charge in [0.2, 0.25) is 5.91 Å². The molecule has 1 fully saturated rings. The maximum atomic E-state index is 11.7. The molecule has 1 rings (SSSR count). The van der Waals surface area contributed by atoms with Crippen molar-refractivity contribution in [1.29, 1.82) is 0 Å². The number of hydrogen-bond acceptors (Lipinski definition) is 3. The van der Waals surface area contributed by atoms with E-state index >= 15 is 0 Å². The van der Waals surface area contributed by atoms with E-state index in [4.69, 9.17) is 10.5 Å². The summed E-state index contributed by atoms with van der Waals surface area (Å²) in [5.41, 5.74) is 5.63. The van der Waals surface area contributed by atoms with Crippen LogP contribution in [0.2, 0.25) is 0 Å². The normalized spacial score (nSPS) is 22.4. The van der Waals surface area contributed by atoms with Crippen molar-refractivity contribution < 1.29 is 9.53 Å². The molecule has 0 saturated carbocycles. The van der Waals surface area contributed by atoms with Gasteiger partial charge < -0.3 is 15.8 Å². The van der Waals surface area contributed by atoms with E-state index in [0.717, 1.165) is 25.9 Å². The summed E-state index contributed by atoms with van der Waals surface area (Å²) in [5, 5.41) is 2.98. The van der Waals surface area contributed by atoms with Gasteiger partial charge in [0.25, 0.3) is 0 Å². The molecule has 3 N–H and O–H groups in total. The molecule has 4 heteroatoms. The van der Waals surface area contributed by atoms with Crippen molar-refractivity contribution in [3.63, 3.8) is 0 Å². The molecule has 0 bridgehead atoms. The lowest BCUT2D eigenvalue weighted by Gasteiger charge is -2.19. The molecule has 94 valence electrons. The SMILES string of the molecule is CC(C)CC(CN)NC(=O)CC1CCCO1. The Morgan fingerprint density at radius 3 is 2.81 bits per heavy atom.